The number of fused-ring (bicyclic) bond motifs is 4. The van der Waals surface area contributed by atoms with E-state index in [0.717, 1.165) is 25.7 Å². The smallest absolute Gasteiger partial charge is 0.117 e. The van der Waals surface area contributed by atoms with Crippen LogP contribution < -0.4 is 0 Å². The van der Waals surface area contributed by atoms with Crippen LogP contribution in [-0.2, 0) is 0 Å². The Bertz CT molecular complexity index is 444. The van der Waals surface area contributed by atoms with Gasteiger partial charge in [-0.25, -0.2) is 8.78 Å². The summed E-state index contributed by atoms with van der Waals surface area (Å²) in [4.78, 5) is 4.57. The number of rotatable bonds is 2. The Morgan fingerprint density at radius 1 is 0.880 bits per heavy atom. The van der Waals surface area contributed by atoms with Gasteiger partial charge in [-0.05, 0) is 70.4 Å². The van der Waals surface area contributed by atoms with Crippen molar-refractivity contribution in [3.05, 3.63) is 0 Å². The third kappa shape index (κ3) is 3.63. The lowest BCUT2D eigenvalue weighted by atomic mass is 9.81. The van der Waals surface area contributed by atoms with E-state index in [4.69, 9.17) is 0 Å². The summed E-state index contributed by atoms with van der Waals surface area (Å²) in [7, 11) is 4.19. The van der Waals surface area contributed by atoms with E-state index in [-0.39, 0.29) is 12.1 Å². The molecule has 8 atom stereocenters. The van der Waals surface area contributed by atoms with E-state index < -0.39 is 12.3 Å². The van der Waals surface area contributed by atoms with Gasteiger partial charge in [-0.2, -0.15) is 0 Å². The lowest BCUT2D eigenvalue weighted by Gasteiger charge is -2.41. The zero-order valence-electron chi connectivity index (χ0n) is 16.8. The molecule has 0 spiro atoms. The molecular weight excluding hydrogens is 318 g/mol. The first-order valence-corrected chi connectivity index (χ1v) is 10.6. The first-order valence-electron chi connectivity index (χ1n) is 10.6. The Morgan fingerprint density at radius 2 is 1.56 bits per heavy atom. The van der Waals surface area contributed by atoms with Crippen LogP contribution in [0.25, 0.3) is 0 Å². The summed E-state index contributed by atoms with van der Waals surface area (Å²) in [5, 5.41) is 0. The number of nitrogens with zero attached hydrogens (tertiary/aromatic N) is 2. The van der Waals surface area contributed by atoms with E-state index in [0.29, 0.717) is 29.8 Å². The largest absolute Gasteiger partial charge is 0.297 e. The molecular formula is C21H38F2N2. The summed E-state index contributed by atoms with van der Waals surface area (Å²) in [6, 6.07) is 1.69. The van der Waals surface area contributed by atoms with Gasteiger partial charge in [0.15, 0.2) is 0 Å². The van der Waals surface area contributed by atoms with Crippen LogP contribution in [0.2, 0.25) is 0 Å². The topological polar surface area (TPSA) is 6.48 Å². The molecule has 4 bridgehead atoms. The van der Waals surface area contributed by atoms with Crippen molar-refractivity contribution in [1.29, 1.82) is 0 Å². The number of hydrogen-bond donors (Lipinski definition) is 0. The fraction of sp³-hybridized carbons (Fsp3) is 1.00. The highest BCUT2D eigenvalue weighted by atomic mass is 19.1. The van der Waals surface area contributed by atoms with Gasteiger partial charge in [0.1, 0.15) is 12.3 Å². The third-order valence-electron chi connectivity index (χ3n) is 7.86. The molecule has 0 radical (unpaired) electrons. The van der Waals surface area contributed by atoms with Crippen LogP contribution in [0.5, 0.6) is 0 Å². The maximum absolute atomic E-state index is 13.7. The van der Waals surface area contributed by atoms with Crippen LogP contribution in [0.3, 0.4) is 0 Å². The zero-order valence-corrected chi connectivity index (χ0v) is 16.8. The molecule has 4 rings (SSSR count). The fourth-order valence-electron chi connectivity index (χ4n) is 6.27. The zero-order chi connectivity index (χ0) is 18.3. The Kier molecular flexibility index (Phi) is 6.09. The molecule has 25 heavy (non-hydrogen) atoms. The van der Waals surface area contributed by atoms with Gasteiger partial charge in [0.25, 0.3) is 0 Å². The van der Waals surface area contributed by atoms with Crippen molar-refractivity contribution in [3.8, 4) is 0 Å². The summed E-state index contributed by atoms with van der Waals surface area (Å²) in [6.45, 7) is 6.64. The van der Waals surface area contributed by atoms with Crippen LogP contribution in [0.4, 0.5) is 8.78 Å². The standard InChI is InChI=1S/C11H20FN.C10H18FN/c1-7(2)8-6-9(12)11-5-4-10(8)13(11)3;1-3-7-4-5-8-6-9(11)10(7)12(8)2/h7-11H,4-6H2,1-3H3;7-10H,3-6H2,1-2H3. The van der Waals surface area contributed by atoms with Crippen molar-refractivity contribution < 1.29 is 8.78 Å². The van der Waals surface area contributed by atoms with E-state index in [1.54, 1.807) is 0 Å². The highest BCUT2D eigenvalue weighted by molar-refractivity contribution is 5.00. The highest BCUT2D eigenvalue weighted by Crippen LogP contribution is 2.42. The molecule has 0 aliphatic carbocycles. The molecule has 4 saturated heterocycles. The van der Waals surface area contributed by atoms with Gasteiger partial charge in [0.2, 0.25) is 0 Å². The van der Waals surface area contributed by atoms with Crippen molar-refractivity contribution in [2.45, 2.75) is 102 Å². The van der Waals surface area contributed by atoms with Gasteiger partial charge in [-0.3, -0.25) is 9.80 Å². The average Bonchev–Trinajstić information content (AvgIpc) is 2.92. The van der Waals surface area contributed by atoms with Gasteiger partial charge in [-0.15, -0.1) is 0 Å². The van der Waals surface area contributed by atoms with Crippen LogP contribution in [0.1, 0.15) is 65.7 Å². The van der Waals surface area contributed by atoms with Crippen molar-refractivity contribution >= 4 is 0 Å². The monoisotopic (exact) mass is 356 g/mol. The quantitative estimate of drug-likeness (QED) is 0.709. The molecule has 0 aromatic rings. The van der Waals surface area contributed by atoms with E-state index in [9.17, 15) is 8.78 Å². The Morgan fingerprint density at radius 3 is 2.20 bits per heavy atom. The second-order valence-corrected chi connectivity index (χ2v) is 9.34. The molecule has 4 aliphatic rings. The predicted octanol–water partition coefficient (Wildman–Crippen LogP) is 4.68. The minimum atomic E-state index is -0.573. The third-order valence-corrected chi connectivity index (χ3v) is 7.86. The number of halogens is 2. The molecule has 0 aromatic heterocycles. The Hall–Kier alpha value is -0.220. The second-order valence-electron chi connectivity index (χ2n) is 9.34. The molecule has 4 heteroatoms. The maximum atomic E-state index is 13.7. The van der Waals surface area contributed by atoms with E-state index >= 15 is 0 Å². The van der Waals surface area contributed by atoms with Crippen LogP contribution in [-0.4, -0.2) is 60.4 Å². The first-order chi connectivity index (χ1) is 11.8. The second kappa shape index (κ2) is 7.80. The van der Waals surface area contributed by atoms with Crippen LogP contribution >= 0.6 is 0 Å². The predicted molar refractivity (Wildman–Crippen MR) is 100 cm³/mol. The normalized spacial score (nSPS) is 47.0. The Labute approximate surface area is 153 Å². The molecule has 4 heterocycles. The summed E-state index contributed by atoms with van der Waals surface area (Å²) in [6.07, 6.45) is 6.36. The molecule has 8 unspecified atom stereocenters. The Balaban J connectivity index is 0.000000146. The fourth-order valence-corrected chi connectivity index (χ4v) is 6.27. The molecule has 0 N–H and O–H groups in total. The van der Waals surface area contributed by atoms with Gasteiger partial charge >= 0.3 is 0 Å². The van der Waals surface area contributed by atoms with Crippen molar-refractivity contribution in [3.63, 3.8) is 0 Å². The molecule has 4 fully saturated rings. The summed E-state index contributed by atoms with van der Waals surface area (Å²) in [5.74, 6) is 1.83. The summed E-state index contributed by atoms with van der Waals surface area (Å²) >= 11 is 0. The SMILES string of the molecule is CC(C)C1CC(F)C2CCC1N2C.CCC1CCC2CC(F)C1N2C. The van der Waals surface area contributed by atoms with Crippen molar-refractivity contribution in [2.75, 3.05) is 14.1 Å². The van der Waals surface area contributed by atoms with Gasteiger partial charge in [0.05, 0.1) is 0 Å². The first kappa shape index (κ1) is 19.5. The number of hydrogen-bond acceptors (Lipinski definition) is 2. The van der Waals surface area contributed by atoms with E-state index in [1.165, 1.54) is 19.3 Å². The number of piperidine rings is 2. The minimum absolute atomic E-state index is 0.236. The lowest BCUT2D eigenvalue weighted by molar-refractivity contribution is 0.0291. The van der Waals surface area contributed by atoms with E-state index in [2.05, 4.69) is 44.7 Å². The van der Waals surface area contributed by atoms with Gasteiger partial charge in [0, 0.05) is 24.2 Å². The highest BCUT2D eigenvalue weighted by Gasteiger charge is 2.47. The van der Waals surface area contributed by atoms with Crippen molar-refractivity contribution in [1.82, 2.24) is 9.80 Å². The molecule has 0 saturated carbocycles. The average molecular weight is 357 g/mol. The van der Waals surface area contributed by atoms with Crippen LogP contribution in [0.15, 0.2) is 0 Å². The summed E-state index contributed by atoms with van der Waals surface area (Å²) in [5.41, 5.74) is 0. The minimum Gasteiger partial charge on any atom is -0.297 e. The van der Waals surface area contributed by atoms with Gasteiger partial charge < -0.3 is 0 Å². The maximum Gasteiger partial charge on any atom is 0.117 e. The molecule has 4 aliphatic heterocycles. The van der Waals surface area contributed by atoms with E-state index in [1.807, 2.05) is 0 Å². The molecule has 0 amide bonds. The lowest BCUT2D eigenvalue weighted by Crippen LogP contribution is -2.49. The number of alkyl halides is 2. The molecule has 0 aromatic carbocycles. The van der Waals surface area contributed by atoms with Gasteiger partial charge in [-0.1, -0.05) is 27.2 Å². The van der Waals surface area contributed by atoms with Crippen LogP contribution in [0, 0.1) is 17.8 Å². The molecule has 146 valence electrons. The molecule has 2 nitrogen and oxygen atoms in total. The van der Waals surface area contributed by atoms with Crippen molar-refractivity contribution in [2.24, 2.45) is 17.8 Å². The summed E-state index contributed by atoms with van der Waals surface area (Å²) < 4.78 is 27.2.